The van der Waals surface area contributed by atoms with Crippen LogP contribution in [0.15, 0.2) is 36.5 Å². The number of carbonyl (C=O) groups is 1. The minimum atomic E-state index is -4.77. The number of nitrogens with zero attached hydrogens (tertiary/aromatic N) is 6. The first-order valence-corrected chi connectivity index (χ1v) is 18.2. The van der Waals surface area contributed by atoms with Crippen LogP contribution in [-0.4, -0.2) is 61.7 Å². The first-order chi connectivity index (χ1) is 24.0. The Morgan fingerprint density at radius 2 is 1.76 bits per heavy atom. The molecule has 0 saturated heterocycles. The van der Waals surface area contributed by atoms with Crippen LogP contribution in [0.4, 0.5) is 24.7 Å². The summed E-state index contributed by atoms with van der Waals surface area (Å²) in [4.78, 5) is 23.3. The number of hydrogen-bond donors (Lipinski definition) is 2. The second-order valence-electron chi connectivity index (χ2n) is 12.6. The Hall–Kier alpha value is -4.40. The maximum absolute atomic E-state index is 14.3. The van der Waals surface area contributed by atoms with E-state index < -0.39 is 31.3 Å². The van der Waals surface area contributed by atoms with Gasteiger partial charge in [-0.2, -0.15) is 18.4 Å². The number of H-pyrrole nitrogens is 1. The number of hydrogen-bond acceptors (Lipinski definition) is 11. The molecular weight excluding hydrogens is 676 g/mol. The van der Waals surface area contributed by atoms with Gasteiger partial charge in [-0.3, -0.25) is 9.36 Å². The van der Waals surface area contributed by atoms with Crippen molar-refractivity contribution in [2.45, 2.75) is 76.4 Å². The lowest BCUT2D eigenvalue weighted by molar-refractivity contribution is -0.137. The number of halogens is 3. The van der Waals surface area contributed by atoms with Crippen molar-refractivity contribution in [2.24, 2.45) is 0 Å². The van der Waals surface area contributed by atoms with Gasteiger partial charge in [0, 0.05) is 31.3 Å². The van der Waals surface area contributed by atoms with E-state index in [1.165, 1.54) is 0 Å². The Bertz CT molecular complexity index is 1940. The zero-order chi connectivity index (χ0) is 35.2. The monoisotopic (exact) mass is 712 g/mol. The Labute approximate surface area is 285 Å². The summed E-state index contributed by atoms with van der Waals surface area (Å²) in [6, 6.07) is 8.75. The molecule has 2 aliphatic heterocycles. The minimum absolute atomic E-state index is 0.0186. The summed E-state index contributed by atoms with van der Waals surface area (Å²) in [6.07, 6.45) is -1.41. The van der Waals surface area contributed by atoms with Gasteiger partial charge < -0.3 is 24.0 Å². The number of alkyl halides is 3. The number of fused-ring (bicyclic) bond motifs is 2. The van der Waals surface area contributed by atoms with E-state index in [2.05, 4.69) is 35.9 Å². The number of carbonyl (C=O) groups excluding carboxylic acids is 1. The lowest BCUT2D eigenvalue weighted by atomic mass is 9.76. The lowest BCUT2D eigenvalue weighted by Crippen LogP contribution is -2.24. The van der Waals surface area contributed by atoms with Crippen molar-refractivity contribution in [1.82, 2.24) is 35.5 Å². The fraction of sp³-hybridized carbons (Fsp3) is 0.455. The zero-order valence-corrected chi connectivity index (χ0v) is 28.6. The third kappa shape index (κ3) is 6.47. The molecule has 50 heavy (non-hydrogen) atoms. The molecule has 13 nitrogen and oxygen atoms in total. The standard InChI is InChI=1S/C33H36F3N8O5P/c1-4-47-50(46,48-5-2)17-18-6-11-22-26(14-18)49-28(22)31-37-15-24(33(34,35)36)30(39-31)38-25-13-12-21(23-16-44(3)32(45)27(23)25)19-7-9-20(10-8-19)29-40-42-43-41-29/h6,11-15,19-20,28H,4-5,7-10,16-17H2,1-3H3,(H,37,38,39)(H,40,41,42,43). The minimum Gasteiger partial charge on any atom is -0.477 e. The molecule has 4 heterocycles. The van der Waals surface area contributed by atoms with E-state index in [4.69, 9.17) is 13.8 Å². The molecule has 3 aliphatic rings. The Balaban J connectivity index is 1.15. The second-order valence-corrected chi connectivity index (χ2v) is 14.7. The predicted molar refractivity (Wildman–Crippen MR) is 174 cm³/mol. The lowest BCUT2D eigenvalue weighted by Gasteiger charge is -2.31. The summed E-state index contributed by atoms with van der Waals surface area (Å²) in [6.45, 7) is 4.27. The van der Waals surface area contributed by atoms with Gasteiger partial charge >= 0.3 is 13.8 Å². The molecule has 1 amide bonds. The van der Waals surface area contributed by atoms with E-state index in [0.717, 1.165) is 43.0 Å². The number of amides is 1. The van der Waals surface area contributed by atoms with Crippen LogP contribution in [0, 0.1) is 0 Å². The van der Waals surface area contributed by atoms with Crippen LogP contribution in [0.25, 0.3) is 0 Å². The van der Waals surface area contributed by atoms with Crippen molar-refractivity contribution < 1.29 is 36.3 Å². The van der Waals surface area contributed by atoms with Crippen LogP contribution in [-0.2, 0) is 32.5 Å². The van der Waals surface area contributed by atoms with Crippen molar-refractivity contribution in [2.75, 3.05) is 25.6 Å². The van der Waals surface area contributed by atoms with Crippen LogP contribution in [0.1, 0.15) is 107 Å². The highest BCUT2D eigenvalue weighted by Crippen LogP contribution is 2.53. The van der Waals surface area contributed by atoms with Gasteiger partial charge in [-0.25, -0.2) is 9.97 Å². The number of rotatable bonds is 11. The van der Waals surface area contributed by atoms with Crippen molar-refractivity contribution >= 4 is 25.0 Å². The van der Waals surface area contributed by atoms with Crippen LogP contribution in [0.5, 0.6) is 5.75 Å². The van der Waals surface area contributed by atoms with Gasteiger partial charge in [-0.15, -0.1) is 10.2 Å². The maximum atomic E-state index is 14.3. The summed E-state index contributed by atoms with van der Waals surface area (Å²) in [7, 11) is -1.68. The molecule has 1 atom stereocenters. The Morgan fingerprint density at radius 3 is 2.42 bits per heavy atom. The summed E-state index contributed by atoms with van der Waals surface area (Å²) < 4.78 is 72.5. The molecule has 1 fully saturated rings. The van der Waals surface area contributed by atoms with E-state index in [-0.39, 0.29) is 48.6 Å². The largest absolute Gasteiger partial charge is 0.477 e. The number of nitrogens with one attached hydrogen (secondary N) is 2. The van der Waals surface area contributed by atoms with Gasteiger partial charge in [0.2, 0.25) is 0 Å². The van der Waals surface area contributed by atoms with E-state index in [1.54, 1.807) is 50.1 Å². The van der Waals surface area contributed by atoms with E-state index >= 15 is 0 Å². The van der Waals surface area contributed by atoms with Crippen molar-refractivity contribution in [1.29, 1.82) is 0 Å². The topological polar surface area (TPSA) is 157 Å². The van der Waals surface area contributed by atoms with Gasteiger partial charge in [0.05, 0.1) is 30.6 Å². The molecule has 0 spiro atoms. The number of tetrazole rings is 1. The molecule has 17 heteroatoms. The van der Waals surface area contributed by atoms with Crippen molar-refractivity contribution in [3.05, 3.63) is 81.6 Å². The molecule has 2 N–H and O–H groups in total. The summed E-state index contributed by atoms with van der Waals surface area (Å²) in [5.41, 5.74) is 2.66. The Morgan fingerprint density at radius 1 is 1.04 bits per heavy atom. The smallest absolute Gasteiger partial charge is 0.421 e. The second kappa shape index (κ2) is 13.4. The zero-order valence-electron chi connectivity index (χ0n) is 27.7. The van der Waals surface area contributed by atoms with Crippen molar-refractivity contribution in [3.63, 3.8) is 0 Å². The third-order valence-electron chi connectivity index (χ3n) is 9.43. The summed E-state index contributed by atoms with van der Waals surface area (Å²) in [5.74, 6) is 0.798. The number of benzene rings is 2. The van der Waals surface area contributed by atoms with Crippen LogP contribution in [0.2, 0.25) is 0 Å². The third-order valence-corrected chi connectivity index (χ3v) is 11.5. The highest BCUT2D eigenvalue weighted by atomic mass is 31.2. The van der Waals surface area contributed by atoms with Gasteiger partial charge in [0.25, 0.3) is 5.91 Å². The van der Waals surface area contributed by atoms with Crippen LogP contribution < -0.4 is 10.1 Å². The van der Waals surface area contributed by atoms with Gasteiger partial charge in [0.15, 0.2) is 17.8 Å². The fourth-order valence-electron chi connectivity index (χ4n) is 7.09. The van der Waals surface area contributed by atoms with E-state index in [1.807, 2.05) is 6.07 Å². The highest BCUT2D eigenvalue weighted by Gasteiger charge is 2.40. The van der Waals surface area contributed by atoms with E-state index in [0.29, 0.717) is 34.8 Å². The SMILES string of the molecule is CCOP(=O)(Cc1ccc2c(c1)OC2c1ncc(C(F)(F)F)c(Nc2ccc(C3CCC(c4nn[nH]n4)CC3)c3c2C(=O)N(C)C3)n1)OCC. The molecule has 0 bridgehead atoms. The Kier molecular flexibility index (Phi) is 9.12. The number of aromatic amines is 1. The van der Waals surface area contributed by atoms with Gasteiger partial charge in [0.1, 0.15) is 17.1 Å². The predicted octanol–water partition coefficient (Wildman–Crippen LogP) is 7.03. The first-order valence-electron chi connectivity index (χ1n) is 16.5. The molecule has 7 rings (SSSR count). The quantitative estimate of drug-likeness (QED) is 0.154. The molecular formula is C33H36F3N8O5P. The van der Waals surface area contributed by atoms with Crippen LogP contribution in [0.3, 0.4) is 0 Å². The van der Waals surface area contributed by atoms with Gasteiger partial charge in [-0.1, -0.05) is 23.4 Å². The molecule has 264 valence electrons. The normalized spacial score (nSPS) is 20.2. The number of ether oxygens (including phenoxy) is 1. The van der Waals surface area contributed by atoms with Crippen LogP contribution >= 0.6 is 7.60 Å². The molecule has 4 aromatic rings. The average molecular weight is 713 g/mol. The molecule has 1 unspecified atom stereocenters. The number of aromatic nitrogens is 6. The maximum Gasteiger partial charge on any atom is 0.421 e. The average Bonchev–Trinajstić information content (AvgIpc) is 3.71. The fourth-order valence-corrected chi connectivity index (χ4v) is 8.78. The summed E-state index contributed by atoms with van der Waals surface area (Å²) in [5, 5.41) is 17.3. The first kappa shape index (κ1) is 34.1. The van der Waals surface area contributed by atoms with Gasteiger partial charge in [-0.05, 0) is 74.3 Å². The summed E-state index contributed by atoms with van der Waals surface area (Å²) >= 11 is 0. The molecule has 0 radical (unpaired) electrons. The highest BCUT2D eigenvalue weighted by molar-refractivity contribution is 7.53. The molecule has 2 aromatic heterocycles. The number of anilines is 2. The van der Waals surface area contributed by atoms with Crippen molar-refractivity contribution in [3.8, 4) is 5.75 Å². The molecule has 1 saturated carbocycles. The molecule has 1 aliphatic carbocycles. The van der Waals surface area contributed by atoms with E-state index in [9.17, 15) is 22.5 Å². The molecule has 2 aromatic carbocycles.